The molecule has 8 nitrogen and oxygen atoms in total. The number of benzene rings is 18. The van der Waals surface area contributed by atoms with Gasteiger partial charge in [-0.1, -0.05) is 431 Å². The molecular weight excluding hydrogens is 1730 g/mol. The molecule has 0 unspecified atom stereocenters. The van der Waals surface area contributed by atoms with Gasteiger partial charge in [0.15, 0.2) is 23.3 Å². The van der Waals surface area contributed by atoms with Gasteiger partial charge in [-0.15, -0.1) is 45.3 Å². The van der Waals surface area contributed by atoms with Crippen LogP contribution >= 0.6 is 45.3 Å². The van der Waals surface area contributed by atoms with Crippen molar-refractivity contribution in [3.8, 4) is 180 Å². The molecule has 0 radical (unpaired) electrons. The molecule has 0 aliphatic carbocycles. The second-order valence-corrected chi connectivity index (χ2v) is 38.0. The van der Waals surface area contributed by atoms with E-state index in [2.05, 4.69) is 437 Å². The Hall–Kier alpha value is -16.8. The van der Waals surface area contributed by atoms with Crippen molar-refractivity contribution < 1.29 is 0 Å². The zero-order valence-corrected chi connectivity index (χ0v) is 76.4. The van der Waals surface area contributed by atoms with Gasteiger partial charge in [-0.25, -0.2) is 39.9 Å². The van der Waals surface area contributed by atoms with Gasteiger partial charge in [-0.2, -0.15) is 0 Å². The fourth-order valence-electron chi connectivity index (χ4n) is 18.9. The van der Waals surface area contributed by atoms with Gasteiger partial charge in [-0.3, -0.25) is 0 Å². The molecule has 26 aromatic rings. The number of thiophene rings is 4. The lowest BCUT2D eigenvalue weighted by Crippen LogP contribution is -1.97. The Balaban J connectivity index is 0.000000145. The highest BCUT2D eigenvalue weighted by Gasteiger charge is 2.27. The normalized spacial score (nSPS) is 11.5. The second-order valence-electron chi connectivity index (χ2n) is 33.8. The van der Waals surface area contributed by atoms with Gasteiger partial charge in [0.2, 0.25) is 0 Å². The Labute approximate surface area is 800 Å². The number of nitrogens with zero attached hydrogens (tertiary/aromatic N) is 8. The number of fused-ring (bicyclic) bond motifs is 12. The van der Waals surface area contributed by atoms with Crippen LogP contribution in [0.5, 0.6) is 0 Å². The average Bonchev–Trinajstić information content (AvgIpc) is 1.59. The topological polar surface area (TPSA) is 103 Å². The van der Waals surface area contributed by atoms with E-state index in [0.717, 1.165) is 196 Å². The van der Waals surface area contributed by atoms with Crippen LogP contribution in [0.15, 0.2) is 461 Å². The largest absolute Gasteiger partial charge is 0.226 e. The van der Waals surface area contributed by atoms with Crippen molar-refractivity contribution in [1.29, 1.82) is 0 Å². The molecule has 0 spiro atoms. The minimum atomic E-state index is 0.700. The number of hydrogen-bond acceptors (Lipinski definition) is 12. The first-order chi connectivity index (χ1) is 67.4. The Kier molecular flexibility index (Phi) is 20.9. The van der Waals surface area contributed by atoms with Gasteiger partial charge in [0, 0.05) is 84.9 Å². The molecule has 0 bridgehead atoms. The van der Waals surface area contributed by atoms with Crippen LogP contribution in [0.3, 0.4) is 0 Å². The van der Waals surface area contributed by atoms with E-state index in [1.54, 1.807) is 45.3 Å². The van der Waals surface area contributed by atoms with E-state index in [1.807, 2.05) is 24.3 Å². The minimum Gasteiger partial charge on any atom is -0.226 e. The van der Waals surface area contributed by atoms with E-state index in [1.165, 1.54) is 41.1 Å². The standard InChI is InChI=1S/2C62H38N4S2/c1-3-17-39(18-4-1)41-31-35-43(36-32-41)61-63-55(59-57(65-61)51-27-13-15-29-53(51)67-59)49-25-11-9-23-47(49)45-21-7-8-22-46(45)48-24-10-12-26-50(48)56-60-58(52-28-14-16-30-54(52)68-60)66-62(64-56)44-37-33-42(34-38-44)40-19-5-2-6-20-40;1-3-16-39(17-4-1)41-30-34-43(35-31-41)61-63-55(59-57(65-61)51-26-11-13-28-53(51)67-59)46-21-15-20-45(38-46)47-22-7-8-23-48(47)49-24-9-10-25-50(49)56-60-58(52-27-12-14-29-54(52)68-60)66-62(64-56)44-36-32-42(33-37-44)40-18-5-2-6-19-40/h2*1-38H. The first kappa shape index (κ1) is 81.2. The van der Waals surface area contributed by atoms with E-state index in [9.17, 15) is 0 Å². The van der Waals surface area contributed by atoms with Crippen LogP contribution in [-0.2, 0) is 0 Å². The third-order valence-electron chi connectivity index (χ3n) is 25.6. The maximum absolute atomic E-state index is 5.49. The van der Waals surface area contributed by atoms with Crippen molar-refractivity contribution in [2.45, 2.75) is 0 Å². The molecule has 0 saturated carbocycles. The molecule has 0 saturated heterocycles. The summed E-state index contributed by atoms with van der Waals surface area (Å²) in [6, 6.07) is 163. The molecule has 8 heterocycles. The van der Waals surface area contributed by atoms with Crippen LogP contribution in [0.2, 0.25) is 0 Å². The molecule has 0 aliphatic heterocycles. The number of aromatic nitrogens is 8. The summed E-state index contributed by atoms with van der Waals surface area (Å²) in [5.41, 5.74) is 33.8. The predicted octanol–water partition coefficient (Wildman–Crippen LogP) is 34.7. The van der Waals surface area contributed by atoms with Crippen LogP contribution in [-0.4, -0.2) is 39.9 Å². The van der Waals surface area contributed by atoms with E-state index in [0.29, 0.717) is 23.3 Å². The lowest BCUT2D eigenvalue weighted by Gasteiger charge is -2.18. The Morgan fingerprint density at radius 1 is 0.125 bits per heavy atom. The molecule has 0 fully saturated rings. The summed E-state index contributed by atoms with van der Waals surface area (Å²) in [5.74, 6) is 2.81. The van der Waals surface area contributed by atoms with Crippen LogP contribution in [0.1, 0.15) is 0 Å². The molecule has 0 amide bonds. The summed E-state index contributed by atoms with van der Waals surface area (Å²) in [7, 11) is 0. The Morgan fingerprint density at radius 3 is 0.603 bits per heavy atom. The average molecular weight is 1810 g/mol. The molecule has 136 heavy (non-hydrogen) atoms. The quantitative estimate of drug-likeness (QED) is 0.0943. The Bertz CT molecular complexity index is 8810. The summed E-state index contributed by atoms with van der Waals surface area (Å²) in [6.07, 6.45) is 0. The summed E-state index contributed by atoms with van der Waals surface area (Å²) in [4.78, 5) is 43.0. The van der Waals surface area contributed by atoms with Crippen LogP contribution in [0.25, 0.3) is 261 Å². The third-order valence-corrected chi connectivity index (χ3v) is 30.3. The molecule has 636 valence electrons. The molecule has 8 aromatic heterocycles. The minimum absolute atomic E-state index is 0.700. The molecule has 0 atom stereocenters. The molecule has 26 rings (SSSR count). The van der Waals surface area contributed by atoms with Crippen LogP contribution in [0.4, 0.5) is 0 Å². The van der Waals surface area contributed by atoms with Gasteiger partial charge >= 0.3 is 0 Å². The van der Waals surface area contributed by atoms with Gasteiger partial charge in [0.1, 0.15) is 0 Å². The zero-order valence-electron chi connectivity index (χ0n) is 73.1. The monoisotopic (exact) mass is 1800 g/mol. The first-order valence-corrected chi connectivity index (χ1v) is 48.7. The van der Waals surface area contributed by atoms with Crippen molar-refractivity contribution in [2.24, 2.45) is 0 Å². The maximum atomic E-state index is 5.49. The molecule has 0 aliphatic rings. The van der Waals surface area contributed by atoms with E-state index >= 15 is 0 Å². The lowest BCUT2D eigenvalue weighted by molar-refractivity contribution is 1.24. The van der Waals surface area contributed by atoms with Crippen molar-refractivity contribution >= 4 is 127 Å². The predicted molar refractivity (Wildman–Crippen MR) is 574 cm³/mol. The van der Waals surface area contributed by atoms with Gasteiger partial charge in [0.05, 0.1) is 63.6 Å². The highest BCUT2D eigenvalue weighted by Crippen LogP contribution is 2.51. The summed E-state index contributed by atoms with van der Waals surface area (Å²) >= 11 is 7.02. The molecule has 12 heteroatoms. The van der Waals surface area contributed by atoms with E-state index in [4.69, 9.17) is 39.9 Å². The molecular formula is C124H76N8S4. The molecule has 0 N–H and O–H groups in total. The van der Waals surface area contributed by atoms with Crippen molar-refractivity contribution in [1.82, 2.24) is 39.9 Å². The van der Waals surface area contributed by atoms with Crippen molar-refractivity contribution in [2.75, 3.05) is 0 Å². The summed E-state index contributed by atoms with van der Waals surface area (Å²) in [5, 5.41) is 4.54. The van der Waals surface area contributed by atoms with Gasteiger partial charge in [0.25, 0.3) is 0 Å². The van der Waals surface area contributed by atoms with Crippen LogP contribution < -0.4 is 0 Å². The number of rotatable bonds is 16. The van der Waals surface area contributed by atoms with Crippen molar-refractivity contribution in [3.05, 3.63) is 461 Å². The smallest absolute Gasteiger partial charge is 0.160 e. The van der Waals surface area contributed by atoms with E-state index < -0.39 is 0 Å². The highest BCUT2D eigenvalue weighted by atomic mass is 32.1. The Morgan fingerprint density at radius 2 is 0.316 bits per heavy atom. The lowest BCUT2D eigenvalue weighted by atomic mass is 9.88. The zero-order chi connectivity index (χ0) is 89.9. The van der Waals surface area contributed by atoms with Gasteiger partial charge < -0.3 is 0 Å². The van der Waals surface area contributed by atoms with E-state index in [-0.39, 0.29) is 0 Å². The third kappa shape index (κ3) is 15.0. The summed E-state index contributed by atoms with van der Waals surface area (Å²) in [6.45, 7) is 0. The van der Waals surface area contributed by atoms with Gasteiger partial charge in [-0.05, 0) is 119 Å². The summed E-state index contributed by atoms with van der Waals surface area (Å²) < 4.78 is 9.04. The van der Waals surface area contributed by atoms with Crippen molar-refractivity contribution in [3.63, 3.8) is 0 Å². The maximum Gasteiger partial charge on any atom is 0.160 e. The fourth-order valence-corrected chi connectivity index (χ4v) is 23.5. The SMILES string of the molecule is c1ccc(-c2ccc(-c3nc(-c4cccc(-c5ccccc5-c5ccccc5-c5nc(-c6ccc(-c7ccccc7)cc6)nc6c5sc5ccccc56)c4)c4sc5ccccc5c4n3)cc2)cc1.c1ccc(-c2ccc(-c3nc(-c4ccccc4-c4ccccc4-c4ccccc4-c4nc(-c5ccc(-c6ccccc6)cc5)nc5c4sc4ccccc45)c4sc5ccccc5c4n3)cc2)cc1. The highest BCUT2D eigenvalue weighted by molar-refractivity contribution is 7.27. The second kappa shape index (κ2) is 35.0. The number of hydrogen-bond donors (Lipinski definition) is 0. The molecule has 18 aromatic carbocycles. The van der Waals surface area contributed by atoms with Crippen LogP contribution in [0, 0.1) is 0 Å². The fraction of sp³-hybridized carbons (Fsp3) is 0. The first-order valence-electron chi connectivity index (χ1n) is 45.4.